The lowest BCUT2D eigenvalue weighted by molar-refractivity contribution is 0.117. The van der Waals surface area contributed by atoms with Gasteiger partial charge in [0.05, 0.1) is 6.61 Å². The van der Waals surface area contributed by atoms with Crippen molar-refractivity contribution in [3.05, 3.63) is 35.4 Å². The third-order valence-electron chi connectivity index (χ3n) is 2.78. The lowest BCUT2D eigenvalue weighted by Gasteiger charge is -2.06. The Labute approximate surface area is 105 Å². The fourth-order valence-electron chi connectivity index (χ4n) is 1.85. The molecule has 2 nitrogen and oxygen atoms in total. The number of hydrogen-bond donors (Lipinski definition) is 1. The quantitative estimate of drug-likeness (QED) is 0.661. The Morgan fingerprint density at radius 1 is 1.12 bits per heavy atom. The molecule has 0 aliphatic heterocycles. The summed E-state index contributed by atoms with van der Waals surface area (Å²) < 4.78 is 5.68. The van der Waals surface area contributed by atoms with Crippen LogP contribution in [-0.2, 0) is 17.9 Å². The number of unbranched alkanes of at least 4 members (excludes halogenated alkanes) is 3. The van der Waals surface area contributed by atoms with Gasteiger partial charge in [-0.25, -0.2) is 0 Å². The summed E-state index contributed by atoms with van der Waals surface area (Å²) in [5.41, 5.74) is 2.59. The second-order valence-electron chi connectivity index (χ2n) is 4.46. The molecule has 0 radical (unpaired) electrons. The van der Waals surface area contributed by atoms with Crippen LogP contribution in [0, 0.1) is 0 Å². The summed E-state index contributed by atoms with van der Waals surface area (Å²) in [5, 5.41) is 3.16. The van der Waals surface area contributed by atoms with E-state index in [9.17, 15) is 0 Å². The van der Waals surface area contributed by atoms with Gasteiger partial charge >= 0.3 is 0 Å². The van der Waals surface area contributed by atoms with E-state index in [1.807, 2.05) is 7.05 Å². The van der Waals surface area contributed by atoms with E-state index < -0.39 is 0 Å². The molecule has 0 fully saturated rings. The van der Waals surface area contributed by atoms with Gasteiger partial charge in [-0.1, -0.05) is 50.5 Å². The van der Waals surface area contributed by atoms with Crippen LogP contribution in [0.4, 0.5) is 0 Å². The molecule has 0 aliphatic rings. The minimum Gasteiger partial charge on any atom is -0.377 e. The van der Waals surface area contributed by atoms with E-state index in [0.29, 0.717) is 0 Å². The molecule has 0 saturated carbocycles. The number of nitrogens with one attached hydrogen (secondary N) is 1. The van der Waals surface area contributed by atoms with Crippen LogP contribution in [0.25, 0.3) is 0 Å². The van der Waals surface area contributed by atoms with E-state index in [1.54, 1.807) is 0 Å². The van der Waals surface area contributed by atoms with Crippen LogP contribution in [0.15, 0.2) is 24.3 Å². The van der Waals surface area contributed by atoms with Crippen LogP contribution < -0.4 is 5.32 Å². The van der Waals surface area contributed by atoms with E-state index >= 15 is 0 Å². The zero-order chi connectivity index (χ0) is 12.3. The molecule has 0 atom stereocenters. The largest absolute Gasteiger partial charge is 0.377 e. The molecule has 96 valence electrons. The number of ether oxygens (including phenoxy) is 1. The lowest BCUT2D eigenvalue weighted by Crippen LogP contribution is -2.05. The van der Waals surface area contributed by atoms with Crippen LogP contribution in [-0.4, -0.2) is 13.7 Å². The molecule has 0 saturated heterocycles. The maximum absolute atomic E-state index is 5.68. The molecule has 17 heavy (non-hydrogen) atoms. The summed E-state index contributed by atoms with van der Waals surface area (Å²) in [6.45, 7) is 4.78. The molecule has 0 aliphatic carbocycles. The predicted molar refractivity (Wildman–Crippen MR) is 73.0 cm³/mol. The highest BCUT2D eigenvalue weighted by Crippen LogP contribution is 2.07. The first-order chi connectivity index (χ1) is 8.36. The standard InChI is InChI=1S/C15H25NO/c1-3-4-5-6-10-17-13-15-9-7-8-14(11-15)12-16-2/h7-9,11,16H,3-6,10,12-13H2,1-2H3. The highest BCUT2D eigenvalue weighted by atomic mass is 16.5. The SMILES string of the molecule is CCCCCCOCc1cccc(CNC)c1. The van der Waals surface area contributed by atoms with E-state index in [1.165, 1.54) is 36.8 Å². The summed E-state index contributed by atoms with van der Waals surface area (Å²) in [7, 11) is 1.97. The molecular formula is C15H25NO. The molecule has 1 aromatic carbocycles. The van der Waals surface area contributed by atoms with Gasteiger partial charge in [0.15, 0.2) is 0 Å². The molecule has 2 heteroatoms. The smallest absolute Gasteiger partial charge is 0.0716 e. The maximum atomic E-state index is 5.68. The van der Waals surface area contributed by atoms with Crippen molar-refractivity contribution in [2.24, 2.45) is 0 Å². The molecule has 1 aromatic rings. The van der Waals surface area contributed by atoms with Crippen molar-refractivity contribution in [1.82, 2.24) is 5.32 Å². The fourth-order valence-corrected chi connectivity index (χ4v) is 1.85. The average molecular weight is 235 g/mol. The fraction of sp³-hybridized carbons (Fsp3) is 0.600. The topological polar surface area (TPSA) is 21.3 Å². The van der Waals surface area contributed by atoms with Crippen molar-refractivity contribution in [2.75, 3.05) is 13.7 Å². The Balaban J connectivity index is 2.19. The molecular weight excluding hydrogens is 210 g/mol. The third-order valence-corrected chi connectivity index (χ3v) is 2.78. The molecule has 1 rings (SSSR count). The monoisotopic (exact) mass is 235 g/mol. The lowest BCUT2D eigenvalue weighted by atomic mass is 10.1. The molecule has 0 heterocycles. The summed E-state index contributed by atoms with van der Waals surface area (Å²) >= 11 is 0. The van der Waals surface area contributed by atoms with Crippen molar-refractivity contribution < 1.29 is 4.74 Å². The van der Waals surface area contributed by atoms with Crippen LogP contribution in [0.3, 0.4) is 0 Å². The van der Waals surface area contributed by atoms with Crippen molar-refractivity contribution in [3.8, 4) is 0 Å². The van der Waals surface area contributed by atoms with Gasteiger partial charge in [0.2, 0.25) is 0 Å². The number of hydrogen-bond acceptors (Lipinski definition) is 2. The highest BCUT2D eigenvalue weighted by Gasteiger charge is 1.96. The van der Waals surface area contributed by atoms with Crippen molar-refractivity contribution in [3.63, 3.8) is 0 Å². The van der Waals surface area contributed by atoms with Gasteiger partial charge in [-0.3, -0.25) is 0 Å². The van der Waals surface area contributed by atoms with Crippen molar-refractivity contribution in [2.45, 2.75) is 45.8 Å². The molecule has 0 unspecified atom stereocenters. The molecule has 1 N–H and O–H groups in total. The predicted octanol–water partition coefficient (Wildman–Crippen LogP) is 3.50. The van der Waals surface area contributed by atoms with E-state index in [0.717, 1.165) is 19.8 Å². The van der Waals surface area contributed by atoms with Crippen LogP contribution >= 0.6 is 0 Å². The zero-order valence-corrected chi connectivity index (χ0v) is 11.2. The van der Waals surface area contributed by atoms with Crippen LogP contribution in [0.1, 0.15) is 43.7 Å². The van der Waals surface area contributed by atoms with Gasteiger partial charge in [-0.2, -0.15) is 0 Å². The van der Waals surface area contributed by atoms with E-state index in [-0.39, 0.29) is 0 Å². The van der Waals surface area contributed by atoms with Gasteiger partial charge < -0.3 is 10.1 Å². The van der Waals surface area contributed by atoms with E-state index in [2.05, 4.69) is 36.5 Å². The van der Waals surface area contributed by atoms with Gasteiger partial charge in [0.1, 0.15) is 0 Å². The Bertz CT molecular complexity index is 299. The molecule has 0 bridgehead atoms. The van der Waals surface area contributed by atoms with Crippen molar-refractivity contribution in [1.29, 1.82) is 0 Å². The minimum absolute atomic E-state index is 0.740. The normalized spacial score (nSPS) is 10.7. The minimum atomic E-state index is 0.740. The van der Waals surface area contributed by atoms with Gasteiger partial charge in [0, 0.05) is 13.2 Å². The highest BCUT2D eigenvalue weighted by molar-refractivity contribution is 5.22. The summed E-state index contributed by atoms with van der Waals surface area (Å²) in [6, 6.07) is 8.58. The summed E-state index contributed by atoms with van der Waals surface area (Å²) in [6.07, 6.45) is 5.08. The Hall–Kier alpha value is -0.860. The van der Waals surface area contributed by atoms with E-state index in [4.69, 9.17) is 4.74 Å². The van der Waals surface area contributed by atoms with Gasteiger partial charge in [-0.15, -0.1) is 0 Å². The second kappa shape index (κ2) is 9.20. The summed E-state index contributed by atoms with van der Waals surface area (Å²) in [4.78, 5) is 0. The second-order valence-corrected chi connectivity index (χ2v) is 4.46. The number of benzene rings is 1. The Kier molecular flexibility index (Phi) is 7.69. The first kappa shape index (κ1) is 14.2. The van der Waals surface area contributed by atoms with Gasteiger partial charge in [0.25, 0.3) is 0 Å². The molecule has 0 spiro atoms. The first-order valence-electron chi connectivity index (χ1n) is 6.67. The first-order valence-corrected chi connectivity index (χ1v) is 6.67. The molecule has 0 amide bonds. The Morgan fingerprint density at radius 3 is 2.71 bits per heavy atom. The van der Waals surface area contributed by atoms with Crippen molar-refractivity contribution >= 4 is 0 Å². The zero-order valence-electron chi connectivity index (χ0n) is 11.2. The van der Waals surface area contributed by atoms with Crippen LogP contribution in [0.5, 0.6) is 0 Å². The van der Waals surface area contributed by atoms with Crippen LogP contribution in [0.2, 0.25) is 0 Å². The summed E-state index contributed by atoms with van der Waals surface area (Å²) in [5.74, 6) is 0. The Morgan fingerprint density at radius 2 is 1.94 bits per heavy atom. The van der Waals surface area contributed by atoms with Gasteiger partial charge in [-0.05, 0) is 24.6 Å². The third kappa shape index (κ3) is 6.44. The number of rotatable bonds is 9. The average Bonchev–Trinajstić information content (AvgIpc) is 2.35. The molecule has 0 aromatic heterocycles. The maximum Gasteiger partial charge on any atom is 0.0716 e.